The van der Waals surface area contributed by atoms with Crippen molar-refractivity contribution in [3.05, 3.63) is 29.6 Å². The number of hydrogen-bond donors (Lipinski definition) is 1. The van der Waals surface area contributed by atoms with Gasteiger partial charge in [0.15, 0.2) is 0 Å². The van der Waals surface area contributed by atoms with Gasteiger partial charge in [0.25, 0.3) is 0 Å². The fourth-order valence-corrected chi connectivity index (χ4v) is 2.56. The van der Waals surface area contributed by atoms with E-state index in [2.05, 4.69) is 4.90 Å². The molecule has 0 heterocycles. The van der Waals surface area contributed by atoms with Crippen LogP contribution in [0.1, 0.15) is 44.3 Å². The van der Waals surface area contributed by atoms with Crippen molar-refractivity contribution in [2.45, 2.75) is 44.8 Å². The molecule has 0 amide bonds. The van der Waals surface area contributed by atoms with E-state index in [1.165, 1.54) is 18.9 Å². The predicted molar refractivity (Wildman–Crippen MR) is 70.1 cm³/mol. The molecule has 0 aliphatic heterocycles. The summed E-state index contributed by atoms with van der Waals surface area (Å²) in [5, 5.41) is 9.84. The molecule has 0 bridgehead atoms. The largest absolute Gasteiger partial charge is 0.389 e. The van der Waals surface area contributed by atoms with Gasteiger partial charge in [-0.1, -0.05) is 12.1 Å². The lowest BCUT2D eigenvalue weighted by molar-refractivity contribution is 0.199. The molecule has 1 aromatic carbocycles. The third-order valence-electron chi connectivity index (χ3n) is 3.89. The first-order valence-electron chi connectivity index (χ1n) is 6.90. The van der Waals surface area contributed by atoms with Crippen molar-refractivity contribution >= 4 is 5.69 Å². The number of para-hydroxylation sites is 1. The van der Waals surface area contributed by atoms with E-state index >= 15 is 0 Å². The maximum atomic E-state index is 14.2. The minimum Gasteiger partial charge on any atom is -0.389 e. The zero-order chi connectivity index (χ0) is 12.7. The molecule has 2 fully saturated rings. The highest BCUT2D eigenvalue weighted by Gasteiger charge is 2.36. The highest BCUT2D eigenvalue weighted by Crippen LogP contribution is 2.41. The van der Waals surface area contributed by atoms with Gasteiger partial charge in [-0.25, -0.2) is 4.39 Å². The van der Waals surface area contributed by atoms with E-state index in [1.54, 1.807) is 13.0 Å². The molecule has 2 aliphatic carbocycles. The summed E-state index contributed by atoms with van der Waals surface area (Å²) in [4.78, 5) is 2.20. The number of nitrogens with zero attached hydrogens (tertiary/aromatic N) is 1. The van der Waals surface area contributed by atoms with Crippen LogP contribution in [0.25, 0.3) is 0 Å². The third kappa shape index (κ3) is 2.37. The molecule has 0 spiro atoms. The van der Waals surface area contributed by atoms with Gasteiger partial charge in [-0.2, -0.15) is 0 Å². The minimum absolute atomic E-state index is 0.194. The Labute approximate surface area is 107 Å². The van der Waals surface area contributed by atoms with Crippen LogP contribution in [-0.4, -0.2) is 17.7 Å². The number of hydrogen-bond acceptors (Lipinski definition) is 2. The Bertz CT molecular complexity index is 438. The lowest BCUT2D eigenvalue weighted by atomic mass is 10.1. The van der Waals surface area contributed by atoms with Gasteiger partial charge in [0.2, 0.25) is 0 Å². The molecule has 2 saturated carbocycles. The normalized spacial score (nSPS) is 20.8. The van der Waals surface area contributed by atoms with Crippen molar-refractivity contribution in [1.29, 1.82) is 0 Å². The van der Waals surface area contributed by atoms with E-state index in [9.17, 15) is 9.50 Å². The molecule has 1 aromatic rings. The number of rotatable bonds is 5. The van der Waals surface area contributed by atoms with E-state index in [0.717, 1.165) is 30.9 Å². The second-order valence-electron chi connectivity index (χ2n) is 5.68. The summed E-state index contributed by atoms with van der Waals surface area (Å²) < 4.78 is 14.2. The first-order valence-corrected chi connectivity index (χ1v) is 6.90. The van der Waals surface area contributed by atoms with Gasteiger partial charge in [-0.05, 0) is 44.6 Å². The van der Waals surface area contributed by atoms with Crippen LogP contribution in [0.5, 0.6) is 0 Å². The van der Waals surface area contributed by atoms with Crippen molar-refractivity contribution in [3.63, 3.8) is 0 Å². The molecule has 3 rings (SSSR count). The second kappa shape index (κ2) is 4.54. The standard InChI is InChI=1S/C15H20FNO/c1-10(18)13-3-2-4-14(16)15(13)17(12-7-8-12)9-11-5-6-11/h2-4,10-12,18H,5-9H2,1H3/t10-/m1/s1. The van der Waals surface area contributed by atoms with Gasteiger partial charge in [0.1, 0.15) is 5.82 Å². The Morgan fingerprint density at radius 1 is 1.33 bits per heavy atom. The number of halogens is 1. The molecule has 1 atom stereocenters. The van der Waals surface area contributed by atoms with Crippen LogP contribution in [0, 0.1) is 11.7 Å². The van der Waals surface area contributed by atoms with Gasteiger partial charge in [-0.15, -0.1) is 0 Å². The van der Waals surface area contributed by atoms with Crippen LogP contribution >= 0.6 is 0 Å². The Morgan fingerprint density at radius 3 is 2.61 bits per heavy atom. The fraction of sp³-hybridized carbons (Fsp3) is 0.600. The first-order chi connectivity index (χ1) is 8.66. The molecular weight excluding hydrogens is 229 g/mol. The van der Waals surface area contributed by atoms with Crippen LogP contribution in [0.4, 0.5) is 10.1 Å². The Hall–Kier alpha value is -1.09. The highest BCUT2D eigenvalue weighted by molar-refractivity contribution is 5.57. The van der Waals surface area contributed by atoms with Crippen LogP contribution in [0.3, 0.4) is 0 Å². The summed E-state index contributed by atoms with van der Waals surface area (Å²) in [5.74, 6) is 0.535. The molecule has 0 unspecified atom stereocenters. The second-order valence-corrected chi connectivity index (χ2v) is 5.68. The SMILES string of the molecule is C[C@@H](O)c1cccc(F)c1N(CC1CC1)C1CC1. The first kappa shape index (κ1) is 12.0. The minimum atomic E-state index is -0.615. The van der Waals surface area contributed by atoms with E-state index in [1.807, 2.05) is 6.07 Å². The number of anilines is 1. The zero-order valence-corrected chi connectivity index (χ0v) is 10.8. The van der Waals surface area contributed by atoms with Crippen molar-refractivity contribution in [3.8, 4) is 0 Å². The van der Waals surface area contributed by atoms with E-state index in [-0.39, 0.29) is 5.82 Å². The average molecular weight is 249 g/mol. The van der Waals surface area contributed by atoms with Crippen LogP contribution in [0.2, 0.25) is 0 Å². The van der Waals surface area contributed by atoms with Crippen LogP contribution < -0.4 is 4.90 Å². The van der Waals surface area contributed by atoms with Gasteiger partial charge >= 0.3 is 0 Å². The number of aliphatic hydroxyl groups is 1. The van der Waals surface area contributed by atoms with Crippen LogP contribution in [0.15, 0.2) is 18.2 Å². The molecule has 18 heavy (non-hydrogen) atoms. The molecule has 2 nitrogen and oxygen atoms in total. The van der Waals surface area contributed by atoms with Crippen molar-refractivity contribution in [2.75, 3.05) is 11.4 Å². The quantitative estimate of drug-likeness (QED) is 0.865. The number of benzene rings is 1. The third-order valence-corrected chi connectivity index (χ3v) is 3.89. The lowest BCUT2D eigenvalue weighted by Crippen LogP contribution is -2.30. The molecule has 1 N–H and O–H groups in total. The summed E-state index contributed by atoms with van der Waals surface area (Å²) in [6.07, 6.45) is 4.22. The maximum absolute atomic E-state index is 14.2. The summed E-state index contributed by atoms with van der Waals surface area (Å²) in [6, 6.07) is 5.51. The maximum Gasteiger partial charge on any atom is 0.146 e. The molecule has 98 valence electrons. The number of aliphatic hydroxyl groups excluding tert-OH is 1. The predicted octanol–water partition coefficient (Wildman–Crippen LogP) is 3.26. The smallest absolute Gasteiger partial charge is 0.146 e. The van der Waals surface area contributed by atoms with Crippen molar-refractivity contribution < 1.29 is 9.50 Å². The Kier molecular flexibility index (Phi) is 3.02. The van der Waals surface area contributed by atoms with Gasteiger partial charge in [0.05, 0.1) is 11.8 Å². The summed E-state index contributed by atoms with van der Waals surface area (Å²) in [5.41, 5.74) is 1.37. The molecule has 2 aliphatic rings. The highest BCUT2D eigenvalue weighted by atomic mass is 19.1. The molecular formula is C15H20FNO. The Morgan fingerprint density at radius 2 is 2.06 bits per heavy atom. The monoisotopic (exact) mass is 249 g/mol. The summed E-state index contributed by atoms with van der Waals surface area (Å²) >= 11 is 0. The zero-order valence-electron chi connectivity index (χ0n) is 10.8. The van der Waals surface area contributed by atoms with Gasteiger partial charge in [-0.3, -0.25) is 0 Å². The fourth-order valence-electron chi connectivity index (χ4n) is 2.56. The molecule has 0 aromatic heterocycles. The van der Waals surface area contributed by atoms with E-state index < -0.39 is 6.10 Å². The van der Waals surface area contributed by atoms with Gasteiger partial charge in [0, 0.05) is 18.2 Å². The van der Waals surface area contributed by atoms with Crippen molar-refractivity contribution in [1.82, 2.24) is 0 Å². The Balaban J connectivity index is 1.95. The summed E-state index contributed by atoms with van der Waals surface area (Å²) in [6.45, 7) is 2.66. The lowest BCUT2D eigenvalue weighted by Gasteiger charge is -2.28. The summed E-state index contributed by atoms with van der Waals surface area (Å²) in [7, 11) is 0. The van der Waals surface area contributed by atoms with E-state index in [4.69, 9.17) is 0 Å². The average Bonchev–Trinajstić information content (AvgIpc) is 3.19. The molecule has 0 radical (unpaired) electrons. The van der Waals surface area contributed by atoms with Gasteiger partial charge < -0.3 is 10.0 Å². The molecule has 3 heteroatoms. The molecule has 0 saturated heterocycles. The van der Waals surface area contributed by atoms with E-state index in [0.29, 0.717) is 11.7 Å². The van der Waals surface area contributed by atoms with Crippen molar-refractivity contribution in [2.24, 2.45) is 5.92 Å². The topological polar surface area (TPSA) is 23.5 Å². The van der Waals surface area contributed by atoms with Crippen LogP contribution in [-0.2, 0) is 0 Å².